The van der Waals surface area contributed by atoms with Crippen molar-refractivity contribution in [3.05, 3.63) is 32.3 Å². The molecule has 0 unspecified atom stereocenters. The molecule has 7 heteroatoms. The molecule has 1 aliphatic rings. The monoisotopic (exact) mass is 355 g/mol. The molecule has 0 saturated carbocycles. The average Bonchev–Trinajstić information content (AvgIpc) is 2.42. The van der Waals surface area contributed by atoms with Crippen LogP contribution in [-0.4, -0.2) is 23.9 Å². The minimum absolute atomic E-state index is 0.00367. The average molecular weight is 356 g/mol. The number of amides is 1. The first-order valence-corrected chi connectivity index (χ1v) is 7.59. The number of rotatable bonds is 3. The number of carbonyl (C=O) groups is 1. The van der Waals surface area contributed by atoms with Crippen molar-refractivity contribution in [2.75, 3.05) is 18.4 Å². The van der Waals surface area contributed by atoms with E-state index >= 15 is 0 Å². The van der Waals surface area contributed by atoms with Crippen LogP contribution in [0.3, 0.4) is 0 Å². The van der Waals surface area contributed by atoms with E-state index in [4.69, 9.17) is 0 Å². The number of piperidine rings is 1. The van der Waals surface area contributed by atoms with Gasteiger partial charge in [0.2, 0.25) is 5.91 Å². The lowest BCUT2D eigenvalue weighted by atomic mass is 9.80. The molecule has 0 spiro atoms. The summed E-state index contributed by atoms with van der Waals surface area (Å²) in [5, 5.41) is 17.1. The highest BCUT2D eigenvalue weighted by Crippen LogP contribution is 2.34. The van der Waals surface area contributed by atoms with Crippen molar-refractivity contribution >= 4 is 33.2 Å². The van der Waals surface area contributed by atoms with Crippen molar-refractivity contribution in [2.24, 2.45) is 5.41 Å². The lowest BCUT2D eigenvalue weighted by Gasteiger charge is -2.32. The summed E-state index contributed by atoms with van der Waals surface area (Å²) >= 11 is 3.35. The predicted molar refractivity (Wildman–Crippen MR) is 84.4 cm³/mol. The number of hydrogen-bond donors (Lipinski definition) is 2. The zero-order valence-corrected chi connectivity index (χ0v) is 13.6. The Balaban J connectivity index is 2.24. The zero-order chi connectivity index (χ0) is 15.6. The third kappa shape index (κ3) is 3.41. The molecule has 1 aromatic rings. The lowest BCUT2D eigenvalue weighted by molar-refractivity contribution is -0.385. The van der Waals surface area contributed by atoms with Gasteiger partial charge in [0.15, 0.2) is 0 Å². The summed E-state index contributed by atoms with van der Waals surface area (Å²) in [6.45, 7) is 5.21. The minimum atomic E-state index is -0.441. The van der Waals surface area contributed by atoms with Crippen LogP contribution in [-0.2, 0) is 4.79 Å². The van der Waals surface area contributed by atoms with Crippen LogP contribution in [0.25, 0.3) is 0 Å². The number of benzene rings is 1. The quantitative estimate of drug-likeness (QED) is 0.644. The second-order valence-corrected chi connectivity index (χ2v) is 6.49. The normalized spacial score (nSPS) is 17.3. The molecule has 1 amide bonds. The van der Waals surface area contributed by atoms with E-state index in [0.29, 0.717) is 15.7 Å². The molecule has 0 bridgehead atoms. The summed E-state index contributed by atoms with van der Waals surface area (Å²) in [5.41, 5.74) is 0.559. The van der Waals surface area contributed by atoms with Crippen LogP contribution in [0.5, 0.6) is 0 Å². The molecule has 0 radical (unpaired) electrons. The molecule has 1 fully saturated rings. The molecule has 0 aliphatic carbocycles. The Morgan fingerprint density at radius 1 is 1.43 bits per heavy atom. The number of carbonyl (C=O) groups excluding carboxylic acids is 1. The van der Waals surface area contributed by atoms with Crippen LogP contribution >= 0.6 is 15.9 Å². The summed E-state index contributed by atoms with van der Waals surface area (Å²) in [6, 6.07) is 3.06. The second kappa shape index (κ2) is 6.11. The molecular formula is C14H18BrN3O3. The van der Waals surface area contributed by atoms with E-state index in [-0.39, 0.29) is 11.6 Å². The largest absolute Gasteiger partial charge is 0.324 e. The number of nitro groups is 1. The number of nitrogens with zero attached hydrogens (tertiary/aromatic N) is 1. The maximum absolute atomic E-state index is 12.5. The fraction of sp³-hybridized carbons (Fsp3) is 0.500. The summed E-state index contributed by atoms with van der Waals surface area (Å²) < 4.78 is 0.650. The molecule has 6 nitrogen and oxygen atoms in total. The SMILES string of the molecule is Cc1cc(Br)c(NC(=O)C2(C)CCNCC2)cc1[N+](=O)[O-]. The Labute approximate surface area is 131 Å². The number of halogens is 1. The van der Waals surface area contributed by atoms with Crippen LogP contribution in [0.2, 0.25) is 0 Å². The Morgan fingerprint density at radius 3 is 2.62 bits per heavy atom. The van der Waals surface area contributed by atoms with Crippen molar-refractivity contribution in [2.45, 2.75) is 26.7 Å². The fourth-order valence-electron chi connectivity index (χ4n) is 2.43. The fourth-order valence-corrected chi connectivity index (χ4v) is 2.99. The molecule has 2 rings (SSSR count). The topological polar surface area (TPSA) is 84.3 Å². The Kier molecular flexibility index (Phi) is 4.63. The highest BCUT2D eigenvalue weighted by Gasteiger charge is 2.35. The Hall–Kier alpha value is -1.47. The van der Waals surface area contributed by atoms with Gasteiger partial charge < -0.3 is 10.6 Å². The van der Waals surface area contributed by atoms with Gasteiger partial charge in [-0.2, -0.15) is 0 Å². The first-order valence-electron chi connectivity index (χ1n) is 6.80. The number of aryl methyl sites for hydroxylation is 1. The lowest BCUT2D eigenvalue weighted by Crippen LogP contribution is -2.42. The number of anilines is 1. The van der Waals surface area contributed by atoms with Gasteiger partial charge in [0.05, 0.1) is 10.6 Å². The van der Waals surface area contributed by atoms with E-state index in [1.54, 1.807) is 13.0 Å². The maximum atomic E-state index is 12.5. The van der Waals surface area contributed by atoms with Crippen molar-refractivity contribution in [3.63, 3.8) is 0 Å². The highest BCUT2D eigenvalue weighted by atomic mass is 79.9. The van der Waals surface area contributed by atoms with Gasteiger partial charge in [-0.3, -0.25) is 14.9 Å². The smallest absolute Gasteiger partial charge is 0.274 e. The highest BCUT2D eigenvalue weighted by molar-refractivity contribution is 9.10. The second-order valence-electron chi connectivity index (χ2n) is 5.64. The van der Waals surface area contributed by atoms with E-state index in [1.807, 2.05) is 6.92 Å². The Morgan fingerprint density at radius 2 is 2.05 bits per heavy atom. The zero-order valence-electron chi connectivity index (χ0n) is 12.0. The van der Waals surface area contributed by atoms with Gasteiger partial charge in [-0.25, -0.2) is 0 Å². The van der Waals surface area contributed by atoms with E-state index in [1.165, 1.54) is 6.07 Å². The molecule has 1 heterocycles. The third-order valence-electron chi connectivity index (χ3n) is 3.99. The molecule has 2 N–H and O–H groups in total. The van der Waals surface area contributed by atoms with Gasteiger partial charge in [-0.05, 0) is 54.9 Å². The molecule has 114 valence electrons. The summed E-state index contributed by atoms with van der Waals surface area (Å²) in [4.78, 5) is 23.0. The first kappa shape index (κ1) is 15.9. The van der Waals surface area contributed by atoms with Crippen molar-refractivity contribution in [1.29, 1.82) is 0 Å². The van der Waals surface area contributed by atoms with Gasteiger partial charge in [0.1, 0.15) is 0 Å². The van der Waals surface area contributed by atoms with E-state index in [0.717, 1.165) is 25.9 Å². The molecule has 0 atom stereocenters. The van der Waals surface area contributed by atoms with E-state index in [2.05, 4.69) is 26.6 Å². The molecule has 1 aliphatic heterocycles. The van der Waals surface area contributed by atoms with Gasteiger partial charge >= 0.3 is 0 Å². The van der Waals surface area contributed by atoms with Crippen LogP contribution in [0.1, 0.15) is 25.3 Å². The summed E-state index contributed by atoms with van der Waals surface area (Å²) in [7, 11) is 0. The van der Waals surface area contributed by atoms with Crippen molar-refractivity contribution in [1.82, 2.24) is 5.32 Å². The summed E-state index contributed by atoms with van der Waals surface area (Å²) in [5.74, 6) is -0.0946. The van der Waals surface area contributed by atoms with Gasteiger partial charge in [0.25, 0.3) is 5.69 Å². The minimum Gasteiger partial charge on any atom is -0.324 e. The first-order chi connectivity index (χ1) is 9.83. The molecule has 0 aromatic heterocycles. The predicted octanol–water partition coefficient (Wildman–Crippen LogP) is 2.99. The maximum Gasteiger partial charge on any atom is 0.274 e. The van der Waals surface area contributed by atoms with Crippen LogP contribution in [0.4, 0.5) is 11.4 Å². The van der Waals surface area contributed by atoms with Crippen LogP contribution in [0, 0.1) is 22.5 Å². The van der Waals surface area contributed by atoms with Crippen LogP contribution in [0.15, 0.2) is 16.6 Å². The standard InChI is InChI=1S/C14H18BrN3O3/c1-9-7-10(15)11(8-12(9)18(20)21)17-13(19)14(2)3-5-16-6-4-14/h7-8,16H,3-6H2,1-2H3,(H,17,19). The molecule has 1 aromatic carbocycles. The van der Waals surface area contributed by atoms with E-state index < -0.39 is 10.3 Å². The molecular weight excluding hydrogens is 338 g/mol. The molecule has 1 saturated heterocycles. The number of nitro benzene ring substituents is 1. The third-order valence-corrected chi connectivity index (χ3v) is 4.64. The molecule has 21 heavy (non-hydrogen) atoms. The Bertz CT molecular complexity index is 583. The van der Waals surface area contributed by atoms with Crippen molar-refractivity contribution in [3.8, 4) is 0 Å². The number of hydrogen-bond acceptors (Lipinski definition) is 4. The van der Waals surface area contributed by atoms with Crippen molar-refractivity contribution < 1.29 is 9.72 Å². The van der Waals surface area contributed by atoms with E-state index in [9.17, 15) is 14.9 Å². The van der Waals surface area contributed by atoms with Gasteiger partial charge in [-0.1, -0.05) is 6.92 Å². The number of nitrogens with one attached hydrogen (secondary N) is 2. The van der Waals surface area contributed by atoms with Gasteiger partial charge in [-0.15, -0.1) is 0 Å². The summed E-state index contributed by atoms with van der Waals surface area (Å²) in [6.07, 6.45) is 1.51. The van der Waals surface area contributed by atoms with Gasteiger partial charge in [0, 0.05) is 21.5 Å². The van der Waals surface area contributed by atoms with Crippen LogP contribution < -0.4 is 10.6 Å².